The van der Waals surface area contributed by atoms with E-state index in [2.05, 4.69) is 17.1 Å². The second-order valence-electron chi connectivity index (χ2n) is 4.10. The Morgan fingerprint density at radius 2 is 2.25 bits per heavy atom. The fourth-order valence-electron chi connectivity index (χ4n) is 1.66. The van der Waals surface area contributed by atoms with Gasteiger partial charge in [0.05, 0.1) is 5.25 Å². The average Bonchev–Trinajstić information content (AvgIpc) is 2.66. The summed E-state index contributed by atoms with van der Waals surface area (Å²) < 4.78 is 5.21. The van der Waals surface area contributed by atoms with Crippen molar-refractivity contribution >= 4 is 23.5 Å². The van der Waals surface area contributed by atoms with Crippen LogP contribution in [0.1, 0.15) is 30.8 Å². The number of aromatic nitrogens is 2. The Labute approximate surface area is 104 Å². The van der Waals surface area contributed by atoms with Crippen molar-refractivity contribution in [2.45, 2.75) is 36.8 Å². The van der Waals surface area contributed by atoms with Gasteiger partial charge in [0.1, 0.15) is 0 Å². The maximum Gasteiger partial charge on any atom is 0.228 e. The maximum absolute atomic E-state index is 5.70. The summed E-state index contributed by atoms with van der Waals surface area (Å²) in [7, 11) is 0. The van der Waals surface area contributed by atoms with E-state index in [1.165, 1.54) is 5.75 Å². The molecule has 0 spiro atoms. The second-order valence-corrected chi connectivity index (χ2v) is 6.83. The first-order valence-corrected chi connectivity index (χ1v) is 7.58. The molecule has 2 rings (SSSR count). The van der Waals surface area contributed by atoms with Crippen LogP contribution in [0.3, 0.4) is 0 Å². The lowest BCUT2D eigenvalue weighted by atomic mass is 10.2. The van der Waals surface area contributed by atoms with E-state index < -0.39 is 0 Å². The summed E-state index contributed by atoms with van der Waals surface area (Å²) in [5.41, 5.74) is 5.70. The van der Waals surface area contributed by atoms with E-state index in [1.54, 1.807) is 0 Å². The lowest BCUT2D eigenvalue weighted by Crippen LogP contribution is -2.19. The molecule has 0 aliphatic carbocycles. The highest BCUT2D eigenvalue weighted by molar-refractivity contribution is 8.06. The summed E-state index contributed by atoms with van der Waals surface area (Å²) >= 11 is 3.90. The topological polar surface area (TPSA) is 64.9 Å². The standard InChI is InChI=1S/C10H17N3OS2/c1-6(11)5-8-12-10(13-14-8)9-7(2)15-3-4-16-9/h6-7,9H,3-5,11H2,1-2H3. The molecule has 3 unspecified atom stereocenters. The van der Waals surface area contributed by atoms with Crippen LogP contribution in [0.5, 0.6) is 0 Å². The van der Waals surface area contributed by atoms with Crippen LogP contribution in [0.4, 0.5) is 0 Å². The Balaban J connectivity index is 2.05. The molecule has 0 bridgehead atoms. The van der Waals surface area contributed by atoms with Crippen LogP contribution in [0.25, 0.3) is 0 Å². The van der Waals surface area contributed by atoms with E-state index in [1.807, 2.05) is 30.4 Å². The highest BCUT2D eigenvalue weighted by Gasteiger charge is 2.28. The molecule has 0 aromatic carbocycles. The van der Waals surface area contributed by atoms with Gasteiger partial charge in [0.25, 0.3) is 0 Å². The Kier molecular flexibility index (Phi) is 4.16. The van der Waals surface area contributed by atoms with E-state index in [9.17, 15) is 0 Å². The van der Waals surface area contributed by atoms with Crippen LogP contribution in [-0.2, 0) is 6.42 Å². The summed E-state index contributed by atoms with van der Waals surface area (Å²) in [6.45, 7) is 4.17. The lowest BCUT2D eigenvalue weighted by molar-refractivity contribution is 0.366. The van der Waals surface area contributed by atoms with Gasteiger partial charge in [0.2, 0.25) is 5.89 Å². The number of nitrogens with two attached hydrogens (primary N) is 1. The van der Waals surface area contributed by atoms with Crippen molar-refractivity contribution in [3.8, 4) is 0 Å². The largest absolute Gasteiger partial charge is 0.339 e. The van der Waals surface area contributed by atoms with Crippen LogP contribution in [0.2, 0.25) is 0 Å². The van der Waals surface area contributed by atoms with E-state index in [0.29, 0.717) is 22.8 Å². The van der Waals surface area contributed by atoms with Crippen LogP contribution in [0, 0.1) is 0 Å². The second kappa shape index (κ2) is 5.42. The summed E-state index contributed by atoms with van der Waals surface area (Å²) in [6.07, 6.45) is 0.659. The normalized spacial score (nSPS) is 27.9. The van der Waals surface area contributed by atoms with Crippen molar-refractivity contribution in [1.29, 1.82) is 0 Å². The molecule has 1 fully saturated rings. The molecule has 1 saturated heterocycles. The predicted octanol–water partition coefficient (Wildman–Crippen LogP) is 1.87. The van der Waals surface area contributed by atoms with Crippen molar-refractivity contribution in [2.75, 3.05) is 11.5 Å². The third kappa shape index (κ3) is 2.93. The third-order valence-corrected chi connectivity index (χ3v) is 5.51. The predicted molar refractivity (Wildman–Crippen MR) is 68.8 cm³/mol. The molecule has 0 radical (unpaired) electrons. The Morgan fingerprint density at radius 1 is 1.50 bits per heavy atom. The minimum Gasteiger partial charge on any atom is -0.339 e. The van der Waals surface area contributed by atoms with Crippen molar-refractivity contribution in [3.63, 3.8) is 0 Å². The number of rotatable bonds is 3. The van der Waals surface area contributed by atoms with Gasteiger partial charge in [-0.15, -0.1) is 11.8 Å². The van der Waals surface area contributed by atoms with E-state index >= 15 is 0 Å². The minimum atomic E-state index is 0.0686. The smallest absolute Gasteiger partial charge is 0.228 e. The van der Waals surface area contributed by atoms with E-state index in [-0.39, 0.29) is 6.04 Å². The zero-order valence-electron chi connectivity index (χ0n) is 9.55. The quantitative estimate of drug-likeness (QED) is 0.894. The summed E-state index contributed by atoms with van der Waals surface area (Å²) in [6, 6.07) is 0.0686. The van der Waals surface area contributed by atoms with E-state index in [4.69, 9.17) is 10.3 Å². The molecule has 0 amide bonds. The van der Waals surface area contributed by atoms with Gasteiger partial charge in [-0.05, 0) is 6.92 Å². The molecule has 1 aliphatic heterocycles. The van der Waals surface area contributed by atoms with Gasteiger partial charge < -0.3 is 10.3 Å². The molecule has 3 atom stereocenters. The van der Waals surface area contributed by atoms with Crippen LogP contribution < -0.4 is 5.73 Å². The van der Waals surface area contributed by atoms with Gasteiger partial charge in [0, 0.05) is 29.2 Å². The molecule has 4 nitrogen and oxygen atoms in total. The molecule has 0 saturated carbocycles. The highest BCUT2D eigenvalue weighted by Crippen LogP contribution is 2.41. The average molecular weight is 259 g/mol. The first-order chi connectivity index (χ1) is 7.66. The van der Waals surface area contributed by atoms with Crippen LogP contribution >= 0.6 is 23.5 Å². The van der Waals surface area contributed by atoms with Gasteiger partial charge in [-0.1, -0.05) is 12.1 Å². The van der Waals surface area contributed by atoms with Gasteiger partial charge in [-0.3, -0.25) is 0 Å². The minimum absolute atomic E-state index is 0.0686. The van der Waals surface area contributed by atoms with Gasteiger partial charge in [-0.25, -0.2) is 0 Å². The first kappa shape index (κ1) is 12.3. The number of hydrogen-bond donors (Lipinski definition) is 1. The molecule has 1 aliphatic rings. The van der Waals surface area contributed by atoms with Crippen molar-refractivity contribution in [3.05, 3.63) is 11.7 Å². The Hall–Kier alpha value is -0.200. The lowest BCUT2D eigenvalue weighted by Gasteiger charge is -2.24. The molecular weight excluding hydrogens is 242 g/mol. The van der Waals surface area contributed by atoms with Crippen molar-refractivity contribution < 1.29 is 4.52 Å². The fraction of sp³-hybridized carbons (Fsp3) is 0.800. The Bertz CT molecular complexity index is 343. The van der Waals surface area contributed by atoms with Gasteiger partial charge in [0.15, 0.2) is 5.82 Å². The molecule has 1 aromatic rings. The van der Waals surface area contributed by atoms with Crippen molar-refractivity contribution in [1.82, 2.24) is 10.1 Å². The fourth-order valence-corrected chi connectivity index (χ4v) is 4.34. The van der Waals surface area contributed by atoms with Crippen molar-refractivity contribution in [2.24, 2.45) is 5.73 Å². The summed E-state index contributed by atoms with van der Waals surface area (Å²) in [5.74, 6) is 3.87. The van der Waals surface area contributed by atoms with Crippen LogP contribution in [-0.4, -0.2) is 32.9 Å². The molecule has 16 heavy (non-hydrogen) atoms. The summed E-state index contributed by atoms with van der Waals surface area (Å²) in [4.78, 5) is 4.43. The Morgan fingerprint density at radius 3 is 2.94 bits per heavy atom. The molecule has 2 heterocycles. The zero-order chi connectivity index (χ0) is 11.5. The molecule has 1 aromatic heterocycles. The van der Waals surface area contributed by atoms with Gasteiger partial charge >= 0.3 is 0 Å². The molecular formula is C10H17N3OS2. The highest BCUT2D eigenvalue weighted by atomic mass is 32.2. The number of thioether (sulfide) groups is 2. The number of nitrogens with zero attached hydrogens (tertiary/aromatic N) is 2. The molecule has 90 valence electrons. The molecule has 2 N–H and O–H groups in total. The first-order valence-electron chi connectivity index (χ1n) is 5.48. The number of hydrogen-bond acceptors (Lipinski definition) is 6. The molecule has 6 heteroatoms. The van der Waals surface area contributed by atoms with E-state index in [0.717, 1.165) is 11.6 Å². The zero-order valence-corrected chi connectivity index (χ0v) is 11.2. The maximum atomic E-state index is 5.70. The summed E-state index contributed by atoms with van der Waals surface area (Å²) in [5, 5.41) is 4.99. The SMILES string of the molecule is CC(N)Cc1nc(C2SCCSC2C)no1. The van der Waals surface area contributed by atoms with Gasteiger partial charge in [-0.2, -0.15) is 16.7 Å². The third-order valence-electron chi connectivity index (χ3n) is 2.42. The van der Waals surface area contributed by atoms with Crippen LogP contribution in [0.15, 0.2) is 4.52 Å². The monoisotopic (exact) mass is 259 g/mol.